The third-order valence-corrected chi connectivity index (χ3v) is 3.99. The first-order valence-corrected chi connectivity index (χ1v) is 8.02. The van der Waals surface area contributed by atoms with E-state index in [0.717, 1.165) is 5.56 Å². The van der Waals surface area contributed by atoms with E-state index in [9.17, 15) is 9.59 Å². The van der Waals surface area contributed by atoms with E-state index in [1.54, 1.807) is 29.2 Å². The maximum absolute atomic E-state index is 12.9. The molecule has 3 rings (SSSR count). The van der Waals surface area contributed by atoms with Gasteiger partial charge in [-0.2, -0.15) is 0 Å². The van der Waals surface area contributed by atoms with Crippen LogP contribution in [0.3, 0.4) is 0 Å². The summed E-state index contributed by atoms with van der Waals surface area (Å²) in [6.07, 6.45) is -0.128. The third-order valence-electron chi connectivity index (χ3n) is 3.99. The van der Waals surface area contributed by atoms with Crippen molar-refractivity contribution in [2.24, 2.45) is 0 Å². The molecule has 0 fully saturated rings. The molecule has 2 amide bonds. The lowest BCUT2D eigenvalue weighted by atomic mass is 10.1. The first-order chi connectivity index (χ1) is 12.0. The van der Waals surface area contributed by atoms with E-state index >= 15 is 0 Å². The number of hydrogen-bond donors (Lipinski definition) is 1. The Balaban J connectivity index is 1.90. The average molecular weight is 340 g/mol. The standard InChI is InChI=1S/C19H20N2O4/c1-12-8-9-17-16(10-12)21(11-13(2)25-17)19(23)20-15-7-5-4-6-14(15)18(22)24-3/h4-10,13H,11H2,1-3H3,(H,20,23). The minimum absolute atomic E-state index is 0.128. The second kappa shape index (κ2) is 6.84. The number of ether oxygens (including phenoxy) is 2. The molecule has 1 atom stereocenters. The van der Waals surface area contributed by atoms with Crippen molar-refractivity contribution in [2.45, 2.75) is 20.0 Å². The first-order valence-electron chi connectivity index (χ1n) is 8.02. The monoisotopic (exact) mass is 340 g/mol. The molecule has 0 saturated heterocycles. The fourth-order valence-electron chi connectivity index (χ4n) is 2.80. The fraction of sp³-hybridized carbons (Fsp3) is 0.263. The van der Waals surface area contributed by atoms with Gasteiger partial charge in [0.15, 0.2) is 0 Å². The molecule has 0 bridgehead atoms. The number of aryl methyl sites for hydroxylation is 1. The van der Waals surface area contributed by atoms with Crippen LogP contribution in [0.15, 0.2) is 42.5 Å². The Morgan fingerprint density at radius 1 is 1.24 bits per heavy atom. The number of rotatable bonds is 2. The molecule has 0 radical (unpaired) electrons. The van der Waals surface area contributed by atoms with Gasteiger partial charge >= 0.3 is 12.0 Å². The van der Waals surface area contributed by atoms with Crippen LogP contribution >= 0.6 is 0 Å². The molecule has 2 aromatic carbocycles. The van der Waals surface area contributed by atoms with E-state index in [-0.39, 0.29) is 12.1 Å². The van der Waals surface area contributed by atoms with Gasteiger partial charge in [0.2, 0.25) is 0 Å². The summed E-state index contributed by atoms with van der Waals surface area (Å²) >= 11 is 0. The molecule has 1 N–H and O–H groups in total. The zero-order valence-corrected chi connectivity index (χ0v) is 14.4. The lowest BCUT2D eigenvalue weighted by Gasteiger charge is -2.33. The van der Waals surface area contributed by atoms with Gasteiger partial charge in [0, 0.05) is 0 Å². The third kappa shape index (κ3) is 3.42. The molecule has 0 aromatic heterocycles. The van der Waals surface area contributed by atoms with Gasteiger partial charge in [-0.25, -0.2) is 9.59 Å². The number of methoxy groups -OCH3 is 1. The summed E-state index contributed by atoms with van der Waals surface area (Å²) in [6, 6.07) is 12.2. The number of anilines is 2. The number of nitrogens with one attached hydrogen (secondary N) is 1. The molecule has 6 heteroatoms. The Hall–Kier alpha value is -3.02. The number of urea groups is 1. The minimum Gasteiger partial charge on any atom is -0.487 e. The molecule has 0 spiro atoms. The van der Waals surface area contributed by atoms with E-state index < -0.39 is 5.97 Å². The maximum Gasteiger partial charge on any atom is 0.339 e. The van der Waals surface area contributed by atoms with Crippen molar-refractivity contribution >= 4 is 23.4 Å². The molecule has 1 unspecified atom stereocenters. The number of carbonyl (C=O) groups excluding carboxylic acids is 2. The van der Waals surface area contributed by atoms with E-state index in [1.807, 2.05) is 32.0 Å². The van der Waals surface area contributed by atoms with Gasteiger partial charge in [-0.3, -0.25) is 4.90 Å². The predicted molar refractivity (Wildman–Crippen MR) is 95.4 cm³/mol. The topological polar surface area (TPSA) is 67.9 Å². The normalized spacial score (nSPS) is 15.8. The van der Waals surface area contributed by atoms with Crippen molar-refractivity contribution in [1.82, 2.24) is 0 Å². The summed E-state index contributed by atoms with van der Waals surface area (Å²) < 4.78 is 10.6. The van der Waals surface area contributed by atoms with Crippen molar-refractivity contribution in [3.63, 3.8) is 0 Å². The van der Waals surface area contributed by atoms with Gasteiger partial charge in [-0.1, -0.05) is 18.2 Å². The van der Waals surface area contributed by atoms with Crippen molar-refractivity contribution in [2.75, 3.05) is 23.9 Å². The van der Waals surface area contributed by atoms with Crippen LogP contribution in [0.4, 0.5) is 16.2 Å². The number of para-hydroxylation sites is 1. The van der Waals surface area contributed by atoms with Crippen molar-refractivity contribution < 1.29 is 19.1 Å². The Bertz CT molecular complexity index is 819. The SMILES string of the molecule is COC(=O)c1ccccc1NC(=O)N1CC(C)Oc2ccc(C)cc21. The smallest absolute Gasteiger partial charge is 0.339 e. The number of amides is 2. The van der Waals surface area contributed by atoms with Crippen LogP contribution in [0.1, 0.15) is 22.8 Å². The molecule has 25 heavy (non-hydrogen) atoms. The maximum atomic E-state index is 12.9. The summed E-state index contributed by atoms with van der Waals surface area (Å²) in [5.41, 5.74) is 2.47. The van der Waals surface area contributed by atoms with Crippen molar-refractivity contribution in [3.8, 4) is 5.75 Å². The van der Waals surface area contributed by atoms with Crippen LogP contribution in [-0.2, 0) is 4.74 Å². The molecule has 0 aliphatic carbocycles. The summed E-state index contributed by atoms with van der Waals surface area (Å²) in [5.74, 6) is 0.170. The molecule has 0 saturated carbocycles. The van der Waals surface area contributed by atoms with E-state index in [0.29, 0.717) is 29.2 Å². The molecular weight excluding hydrogens is 320 g/mol. The van der Waals surface area contributed by atoms with Crippen LogP contribution in [0.2, 0.25) is 0 Å². The molecule has 1 aliphatic rings. The van der Waals surface area contributed by atoms with Gasteiger partial charge < -0.3 is 14.8 Å². The predicted octanol–water partition coefficient (Wildman–Crippen LogP) is 3.60. The number of benzene rings is 2. The molecular formula is C19H20N2O4. The molecule has 130 valence electrons. The Kier molecular flexibility index (Phi) is 4.61. The van der Waals surface area contributed by atoms with Crippen molar-refractivity contribution in [1.29, 1.82) is 0 Å². The highest BCUT2D eigenvalue weighted by Gasteiger charge is 2.28. The number of nitrogens with zero attached hydrogens (tertiary/aromatic N) is 1. The summed E-state index contributed by atoms with van der Waals surface area (Å²) in [4.78, 5) is 26.4. The van der Waals surface area contributed by atoms with Gasteiger partial charge in [-0.05, 0) is 43.7 Å². The quantitative estimate of drug-likeness (QED) is 0.848. The van der Waals surface area contributed by atoms with E-state index in [2.05, 4.69) is 5.32 Å². The fourth-order valence-corrected chi connectivity index (χ4v) is 2.80. The highest BCUT2D eigenvalue weighted by Crippen LogP contribution is 2.34. The Morgan fingerprint density at radius 3 is 2.76 bits per heavy atom. The van der Waals surface area contributed by atoms with E-state index in [4.69, 9.17) is 9.47 Å². The zero-order valence-electron chi connectivity index (χ0n) is 14.4. The Labute approximate surface area is 146 Å². The number of carbonyl (C=O) groups is 2. The number of hydrogen-bond acceptors (Lipinski definition) is 4. The number of fused-ring (bicyclic) bond motifs is 1. The lowest BCUT2D eigenvalue weighted by Crippen LogP contribution is -2.44. The van der Waals surface area contributed by atoms with Crippen LogP contribution in [0, 0.1) is 6.92 Å². The second-order valence-electron chi connectivity index (χ2n) is 5.98. The van der Waals surface area contributed by atoms with Crippen LogP contribution < -0.4 is 15.0 Å². The Morgan fingerprint density at radius 2 is 2.00 bits per heavy atom. The van der Waals surface area contributed by atoms with Gasteiger partial charge in [0.25, 0.3) is 0 Å². The minimum atomic E-state index is -0.498. The van der Waals surface area contributed by atoms with Crippen LogP contribution in [0.25, 0.3) is 0 Å². The van der Waals surface area contributed by atoms with Crippen LogP contribution in [-0.4, -0.2) is 31.8 Å². The first kappa shape index (κ1) is 16.8. The second-order valence-corrected chi connectivity index (χ2v) is 5.98. The highest BCUT2D eigenvalue weighted by atomic mass is 16.5. The lowest BCUT2D eigenvalue weighted by molar-refractivity contribution is 0.0602. The van der Waals surface area contributed by atoms with Gasteiger partial charge in [0.05, 0.1) is 30.6 Å². The van der Waals surface area contributed by atoms with Gasteiger partial charge in [0.1, 0.15) is 11.9 Å². The highest BCUT2D eigenvalue weighted by molar-refractivity contribution is 6.07. The van der Waals surface area contributed by atoms with Crippen molar-refractivity contribution in [3.05, 3.63) is 53.6 Å². The largest absolute Gasteiger partial charge is 0.487 e. The summed E-state index contributed by atoms with van der Waals surface area (Å²) in [6.45, 7) is 4.29. The average Bonchev–Trinajstić information content (AvgIpc) is 2.61. The van der Waals surface area contributed by atoms with E-state index in [1.165, 1.54) is 7.11 Å². The molecule has 6 nitrogen and oxygen atoms in total. The summed E-state index contributed by atoms with van der Waals surface area (Å²) in [7, 11) is 1.31. The number of esters is 1. The molecule has 1 aliphatic heterocycles. The van der Waals surface area contributed by atoms with Gasteiger partial charge in [-0.15, -0.1) is 0 Å². The zero-order chi connectivity index (χ0) is 18.0. The van der Waals surface area contributed by atoms with Crippen LogP contribution in [0.5, 0.6) is 5.75 Å². The molecule has 2 aromatic rings. The molecule has 1 heterocycles. The summed E-state index contributed by atoms with van der Waals surface area (Å²) in [5, 5.41) is 2.81.